The van der Waals surface area contributed by atoms with E-state index < -0.39 is 9.84 Å². The minimum atomic E-state index is -3.05. The number of furan rings is 1. The number of rotatable bonds is 5. The SMILES string of the molecule is C=CCN(C(=O)Cc1coc2cc(C)c(C)cc12)[C@H]1CCS(=O)(=O)C1. The lowest BCUT2D eigenvalue weighted by atomic mass is 10.0. The molecule has 6 heteroatoms. The smallest absolute Gasteiger partial charge is 0.227 e. The minimum Gasteiger partial charge on any atom is -0.464 e. The molecule has 0 unspecified atom stereocenters. The molecule has 1 saturated heterocycles. The molecule has 3 rings (SSSR count). The highest BCUT2D eigenvalue weighted by molar-refractivity contribution is 7.91. The Morgan fingerprint density at radius 2 is 2.08 bits per heavy atom. The highest BCUT2D eigenvalue weighted by atomic mass is 32.2. The quantitative estimate of drug-likeness (QED) is 0.768. The number of fused-ring (bicyclic) bond motifs is 1. The largest absolute Gasteiger partial charge is 0.464 e. The second-order valence-corrected chi connectivity index (χ2v) is 8.99. The van der Waals surface area contributed by atoms with Gasteiger partial charge < -0.3 is 9.32 Å². The number of nitrogens with zero attached hydrogens (tertiary/aromatic N) is 1. The number of benzene rings is 1. The summed E-state index contributed by atoms with van der Waals surface area (Å²) in [7, 11) is -3.05. The highest BCUT2D eigenvalue weighted by Gasteiger charge is 2.34. The van der Waals surface area contributed by atoms with Gasteiger partial charge in [-0.2, -0.15) is 0 Å². The molecular formula is C19H23NO4S. The molecule has 1 atom stereocenters. The maximum atomic E-state index is 12.8. The van der Waals surface area contributed by atoms with Gasteiger partial charge in [0.2, 0.25) is 5.91 Å². The first-order valence-electron chi connectivity index (χ1n) is 8.39. The van der Waals surface area contributed by atoms with Gasteiger partial charge in [-0.05, 0) is 43.5 Å². The van der Waals surface area contributed by atoms with Crippen LogP contribution in [0.5, 0.6) is 0 Å². The van der Waals surface area contributed by atoms with Gasteiger partial charge in [-0.1, -0.05) is 6.08 Å². The van der Waals surface area contributed by atoms with E-state index in [1.807, 2.05) is 26.0 Å². The normalized spacial score (nSPS) is 19.2. The van der Waals surface area contributed by atoms with E-state index in [0.717, 1.165) is 27.7 Å². The summed E-state index contributed by atoms with van der Waals surface area (Å²) in [5.41, 5.74) is 3.89. The Balaban J connectivity index is 1.84. The fourth-order valence-electron chi connectivity index (χ4n) is 3.35. The van der Waals surface area contributed by atoms with E-state index in [9.17, 15) is 13.2 Å². The predicted octanol–water partition coefficient (Wildman–Crippen LogP) is 2.79. The Bertz CT molecular complexity index is 926. The lowest BCUT2D eigenvalue weighted by molar-refractivity contribution is -0.131. The third-order valence-corrected chi connectivity index (χ3v) is 6.66. The van der Waals surface area contributed by atoms with Crippen molar-refractivity contribution in [3.63, 3.8) is 0 Å². The fourth-order valence-corrected chi connectivity index (χ4v) is 5.08. The summed E-state index contributed by atoms with van der Waals surface area (Å²) in [6.45, 7) is 8.10. The summed E-state index contributed by atoms with van der Waals surface area (Å²) in [6.07, 6.45) is 3.95. The number of carbonyl (C=O) groups excluding carboxylic acids is 1. The first-order valence-corrected chi connectivity index (χ1v) is 10.2. The van der Waals surface area contributed by atoms with E-state index in [0.29, 0.717) is 13.0 Å². The molecular weight excluding hydrogens is 338 g/mol. The summed E-state index contributed by atoms with van der Waals surface area (Å²) in [6, 6.07) is 3.75. The predicted molar refractivity (Wildman–Crippen MR) is 98.4 cm³/mol. The van der Waals surface area contributed by atoms with Crippen LogP contribution >= 0.6 is 0 Å². The monoisotopic (exact) mass is 361 g/mol. The molecule has 1 aromatic heterocycles. The lowest BCUT2D eigenvalue weighted by Crippen LogP contribution is -2.42. The van der Waals surface area contributed by atoms with E-state index in [1.165, 1.54) is 0 Å². The van der Waals surface area contributed by atoms with Crippen molar-refractivity contribution in [1.82, 2.24) is 4.90 Å². The van der Waals surface area contributed by atoms with Gasteiger partial charge in [0.1, 0.15) is 5.58 Å². The number of aryl methyl sites for hydroxylation is 2. The van der Waals surface area contributed by atoms with Crippen molar-refractivity contribution < 1.29 is 17.6 Å². The van der Waals surface area contributed by atoms with Gasteiger partial charge in [0.25, 0.3) is 0 Å². The average molecular weight is 361 g/mol. The fraction of sp³-hybridized carbons (Fsp3) is 0.421. The number of sulfone groups is 1. The van der Waals surface area contributed by atoms with Gasteiger partial charge >= 0.3 is 0 Å². The van der Waals surface area contributed by atoms with Gasteiger partial charge in [-0.15, -0.1) is 6.58 Å². The van der Waals surface area contributed by atoms with Crippen molar-refractivity contribution in [2.75, 3.05) is 18.1 Å². The molecule has 1 aliphatic rings. The number of carbonyl (C=O) groups is 1. The van der Waals surface area contributed by atoms with Crippen molar-refractivity contribution in [2.45, 2.75) is 32.7 Å². The zero-order chi connectivity index (χ0) is 18.2. The van der Waals surface area contributed by atoms with Gasteiger partial charge in [0, 0.05) is 23.5 Å². The van der Waals surface area contributed by atoms with E-state index in [2.05, 4.69) is 6.58 Å². The molecule has 1 amide bonds. The van der Waals surface area contributed by atoms with Crippen LogP contribution < -0.4 is 0 Å². The number of amides is 1. The van der Waals surface area contributed by atoms with Gasteiger partial charge in [-0.25, -0.2) is 8.42 Å². The highest BCUT2D eigenvalue weighted by Crippen LogP contribution is 2.26. The molecule has 1 aliphatic heterocycles. The van der Waals surface area contributed by atoms with Crippen LogP contribution in [-0.2, 0) is 21.1 Å². The molecule has 134 valence electrons. The van der Waals surface area contributed by atoms with Crippen molar-refractivity contribution in [3.8, 4) is 0 Å². The van der Waals surface area contributed by atoms with Crippen LogP contribution in [0.15, 0.2) is 35.5 Å². The van der Waals surface area contributed by atoms with Crippen molar-refractivity contribution in [3.05, 3.63) is 47.7 Å². The van der Waals surface area contributed by atoms with Crippen LogP contribution in [0.1, 0.15) is 23.1 Å². The molecule has 0 N–H and O–H groups in total. The molecule has 0 radical (unpaired) electrons. The van der Waals surface area contributed by atoms with Crippen LogP contribution in [0.4, 0.5) is 0 Å². The third kappa shape index (κ3) is 3.63. The van der Waals surface area contributed by atoms with E-state index in [-0.39, 0.29) is 29.9 Å². The number of hydrogen-bond donors (Lipinski definition) is 0. The van der Waals surface area contributed by atoms with Crippen LogP contribution in [0.3, 0.4) is 0 Å². The van der Waals surface area contributed by atoms with Crippen molar-refractivity contribution >= 4 is 26.7 Å². The zero-order valence-corrected chi connectivity index (χ0v) is 15.4. The Hall–Kier alpha value is -2.08. The summed E-state index contributed by atoms with van der Waals surface area (Å²) < 4.78 is 29.1. The summed E-state index contributed by atoms with van der Waals surface area (Å²) in [5.74, 6) is 0.0887. The molecule has 1 aromatic carbocycles. The van der Waals surface area contributed by atoms with E-state index >= 15 is 0 Å². The molecule has 0 saturated carbocycles. The van der Waals surface area contributed by atoms with Crippen LogP contribution in [0.2, 0.25) is 0 Å². The third-order valence-electron chi connectivity index (χ3n) is 4.91. The van der Waals surface area contributed by atoms with E-state index in [1.54, 1.807) is 17.2 Å². The minimum absolute atomic E-state index is 0.0387. The first-order chi connectivity index (χ1) is 11.8. The second-order valence-electron chi connectivity index (χ2n) is 6.76. The van der Waals surface area contributed by atoms with E-state index in [4.69, 9.17) is 4.42 Å². The summed E-state index contributed by atoms with van der Waals surface area (Å²) in [5, 5.41) is 0.939. The maximum Gasteiger partial charge on any atom is 0.227 e. The average Bonchev–Trinajstić information content (AvgIpc) is 3.09. The van der Waals surface area contributed by atoms with Gasteiger partial charge in [-0.3, -0.25) is 4.79 Å². The Kier molecular flexibility index (Phi) is 4.73. The molecule has 5 nitrogen and oxygen atoms in total. The molecule has 1 fully saturated rings. The Morgan fingerprint density at radius 3 is 2.72 bits per heavy atom. The second kappa shape index (κ2) is 6.67. The standard InChI is InChI=1S/C19H23NO4S/c1-4-6-20(16-5-7-25(22,23)12-16)19(21)10-15-11-24-18-9-14(3)13(2)8-17(15)18/h4,8-9,11,16H,1,5-7,10,12H2,2-3H3/t16-/m0/s1. The van der Waals surface area contributed by atoms with Gasteiger partial charge in [0.05, 0.1) is 24.2 Å². The summed E-state index contributed by atoms with van der Waals surface area (Å²) in [4.78, 5) is 14.5. The van der Waals surface area contributed by atoms with Crippen molar-refractivity contribution in [2.24, 2.45) is 0 Å². The molecule has 2 heterocycles. The first kappa shape index (κ1) is 17.7. The summed E-state index contributed by atoms with van der Waals surface area (Å²) >= 11 is 0. The van der Waals surface area contributed by atoms with Gasteiger partial charge in [0.15, 0.2) is 9.84 Å². The Labute approximate surface area is 148 Å². The number of hydrogen-bond acceptors (Lipinski definition) is 4. The molecule has 2 aromatic rings. The Morgan fingerprint density at radius 1 is 1.36 bits per heavy atom. The van der Waals surface area contributed by atoms with Crippen LogP contribution in [0.25, 0.3) is 11.0 Å². The molecule has 0 bridgehead atoms. The molecule has 25 heavy (non-hydrogen) atoms. The maximum absolute atomic E-state index is 12.8. The molecule has 0 spiro atoms. The van der Waals surface area contributed by atoms with Crippen LogP contribution in [0, 0.1) is 13.8 Å². The topological polar surface area (TPSA) is 67.6 Å². The molecule has 0 aliphatic carbocycles. The van der Waals surface area contributed by atoms with Crippen LogP contribution in [-0.4, -0.2) is 43.3 Å². The van der Waals surface area contributed by atoms with Crippen molar-refractivity contribution in [1.29, 1.82) is 0 Å². The zero-order valence-electron chi connectivity index (χ0n) is 14.6. The lowest BCUT2D eigenvalue weighted by Gasteiger charge is -2.27.